The number of thiophene rings is 1. The highest BCUT2D eigenvalue weighted by molar-refractivity contribution is 7.17. The highest BCUT2D eigenvalue weighted by Gasteiger charge is 2.14. The first-order valence-electron chi connectivity index (χ1n) is 6.31. The van der Waals surface area contributed by atoms with Crippen LogP contribution in [0.25, 0.3) is 32.9 Å². The van der Waals surface area contributed by atoms with Gasteiger partial charge < -0.3 is 5.73 Å². The van der Waals surface area contributed by atoms with Gasteiger partial charge in [0, 0.05) is 16.3 Å². The summed E-state index contributed by atoms with van der Waals surface area (Å²) in [5.41, 5.74) is 10.9. The monoisotopic (exact) mass is 310 g/mol. The molecule has 0 amide bonds. The number of hydrogen-bond acceptors (Lipinski definition) is 6. The number of fused-ring (bicyclic) bond motifs is 1. The molecule has 0 saturated carbocycles. The first-order chi connectivity index (χ1) is 10.3. The molecule has 0 aliphatic heterocycles. The molecule has 1 aromatic carbocycles. The maximum absolute atomic E-state index is 6.18. The molecule has 0 radical (unpaired) electrons. The summed E-state index contributed by atoms with van der Waals surface area (Å²) in [6.45, 7) is 0. The number of aromatic nitrogens is 3. The summed E-state index contributed by atoms with van der Waals surface area (Å²) in [5, 5.41) is 4.92. The van der Waals surface area contributed by atoms with Gasteiger partial charge in [0.2, 0.25) is 0 Å². The van der Waals surface area contributed by atoms with Crippen molar-refractivity contribution >= 4 is 38.7 Å². The first-order valence-corrected chi connectivity index (χ1v) is 8.14. The van der Waals surface area contributed by atoms with Crippen LogP contribution in [0.2, 0.25) is 0 Å². The quantitative estimate of drug-likeness (QED) is 0.606. The lowest BCUT2D eigenvalue weighted by atomic mass is 10.1. The molecule has 102 valence electrons. The molecule has 0 spiro atoms. The Bertz CT molecular complexity index is 898. The fourth-order valence-corrected chi connectivity index (χ4v) is 3.72. The summed E-state index contributed by atoms with van der Waals surface area (Å²) in [5.74, 6) is 1.09. The number of anilines is 1. The maximum Gasteiger partial charge on any atom is 0.182 e. The number of rotatable bonds is 2. The zero-order valence-electron chi connectivity index (χ0n) is 10.9. The number of benzene rings is 1. The predicted octanol–water partition coefficient (Wildman–Crippen LogP) is 4.06. The summed E-state index contributed by atoms with van der Waals surface area (Å²) < 4.78 is 0. The van der Waals surface area contributed by atoms with Crippen molar-refractivity contribution in [3.8, 4) is 22.6 Å². The zero-order chi connectivity index (χ0) is 14.2. The largest absolute Gasteiger partial charge is 0.383 e. The van der Waals surface area contributed by atoms with Gasteiger partial charge in [0.25, 0.3) is 0 Å². The minimum Gasteiger partial charge on any atom is -0.383 e. The molecule has 3 aromatic heterocycles. The summed E-state index contributed by atoms with van der Waals surface area (Å²) in [6, 6.07) is 10.2. The Morgan fingerprint density at radius 1 is 1.00 bits per heavy atom. The van der Waals surface area contributed by atoms with Gasteiger partial charge in [-0.25, -0.2) is 15.0 Å². The molecule has 3 heterocycles. The van der Waals surface area contributed by atoms with Gasteiger partial charge in [0.15, 0.2) is 5.82 Å². The molecule has 0 atom stereocenters. The van der Waals surface area contributed by atoms with Crippen LogP contribution in [-0.2, 0) is 0 Å². The minimum absolute atomic E-state index is 0.503. The molecule has 0 unspecified atom stereocenters. The number of thiazole rings is 1. The Morgan fingerprint density at radius 3 is 2.62 bits per heavy atom. The second-order valence-electron chi connectivity index (χ2n) is 4.50. The number of nitrogens with zero attached hydrogens (tertiary/aromatic N) is 3. The Kier molecular flexibility index (Phi) is 2.90. The Balaban J connectivity index is 1.94. The van der Waals surface area contributed by atoms with E-state index in [1.54, 1.807) is 16.8 Å². The van der Waals surface area contributed by atoms with E-state index in [1.165, 1.54) is 11.3 Å². The molecular weight excluding hydrogens is 300 g/mol. The van der Waals surface area contributed by atoms with E-state index < -0.39 is 0 Å². The average Bonchev–Trinajstić information content (AvgIpc) is 3.17. The molecule has 21 heavy (non-hydrogen) atoms. The highest BCUT2D eigenvalue weighted by atomic mass is 32.1. The molecule has 4 nitrogen and oxygen atoms in total. The highest BCUT2D eigenvalue weighted by Crippen LogP contribution is 2.36. The first kappa shape index (κ1) is 12.4. The van der Waals surface area contributed by atoms with Gasteiger partial charge in [0.1, 0.15) is 16.3 Å². The third kappa shape index (κ3) is 2.09. The SMILES string of the molecule is Nc1nc(-c2cscn2)nc2scc(-c3ccccc3)c12. The summed E-state index contributed by atoms with van der Waals surface area (Å²) in [6.07, 6.45) is 0. The van der Waals surface area contributed by atoms with Crippen molar-refractivity contribution in [2.24, 2.45) is 0 Å². The van der Waals surface area contributed by atoms with Crippen molar-refractivity contribution in [2.45, 2.75) is 0 Å². The van der Waals surface area contributed by atoms with Gasteiger partial charge in [-0.05, 0) is 5.56 Å². The van der Waals surface area contributed by atoms with Crippen LogP contribution in [-0.4, -0.2) is 15.0 Å². The molecule has 4 aromatic rings. The van der Waals surface area contributed by atoms with Gasteiger partial charge in [-0.3, -0.25) is 0 Å². The van der Waals surface area contributed by atoms with Gasteiger partial charge in [-0.2, -0.15) is 0 Å². The van der Waals surface area contributed by atoms with E-state index in [9.17, 15) is 0 Å². The number of hydrogen-bond donors (Lipinski definition) is 1. The van der Waals surface area contributed by atoms with Crippen LogP contribution in [0.5, 0.6) is 0 Å². The van der Waals surface area contributed by atoms with E-state index in [-0.39, 0.29) is 0 Å². The van der Waals surface area contributed by atoms with E-state index in [2.05, 4.69) is 32.5 Å². The van der Waals surface area contributed by atoms with Gasteiger partial charge in [-0.1, -0.05) is 30.3 Å². The maximum atomic E-state index is 6.18. The van der Waals surface area contributed by atoms with E-state index in [1.807, 2.05) is 23.6 Å². The Hall–Kier alpha value is -2.31. The summed E-state index contributed by atoms with van der Waals surface area (Å²) >= 11 is 3.10. The van der Waals surface area contributed by atoms with Crippen molar-refractivity contribution < 1.29 is 0 Å². The molecule has 2 N–H and O–H groups in total. The second kappa shape index (κ2) is 4.91. The molecule has 0 bridgehead atoms. The zero-order valence-corrected chi connectivity index (χ0v) is 12.5. The van der Waals surface area contributed by atoms with Crippen molar-refractivity contribution in [2.75, 3.05) is 5.73 Å². The average molecular weight is 310 g/mol. The van der Waals surface area contributed by atoms with E-state index in [0.717, 1.165) is 27.0 Å². The van der Waals surface area contributed by atoms with Gasteiger partial charge in [-0.15, -0.1) is 22.7 Å². The smallest absolute Gasteiger partial charge is 0.182 e. The third-order valence-corrected chi connectivity index (χ3v) is 4.67. The molecule has 0 aliphatic rings. The molecule has 6 heteroatoms. The van der Waals surface area contributed by atoms with Crippen LogP contribution in [0, 0.1) is 0 Å². The lowest BCUT2D eigenvalue weighted by Gasteiger charge is -2.03. The summed E-state index contributed by atoms with van der Waals surface area (Å²) in [4.78, 5) is 14.2. The van der Waals surface area contributed by atoms with Gasteiger partial charge >= 0.3 is 0 Å². The summed E-state index contributed by atoms with van der Waals surface area (Å²) in [7, 11) is 0. The number of nitrogen functional groups attached to an aromatic ring is 1. The Labute approximate surface area is 129 Å². The topological polar surface area (TPSA) is 64.7 Å². The predicted molar refractivity (Wildman–Crippen MR) is 88.4 cm³/mol. The number of nitrogens with two attached hydrogens (primary N) is 1. The molecular formula is C15H10N4S2. The van der Waals surface area contributed by atoms with Crippen molar-refractivity contribution in [3.05, 3.63) is 46.6 Å². The lowest BCUT2D eigenvalue weighted by molar-refractivity contribution is 1.21. The van der Waals surface area contributed by atoms with Crippen LogP contribution >= 0.6 is 22.7 Å². The fourth-order valence-electron chi connectivity index (χ4n) is 2.24. The minimum atomic E-state index is 0.503. The molecule has 0 saturated heterocycles. The normalized spacial score (nSPS) is 11.0. The Morgan fingerprint density at radius 2 is 1.86 bits per heavy atom. The van der Waals surface area contributed by atoms with Crippen LogP contribution in [0.4, 0.5) is 5.82 Å². The lowest BCUT2D eigenvalue weighted by Crippen LogP contribution is -1.97. The standard InChI is InChI=1S/C15H10N4S2/c16-13-12-10(9-4-2-1-3-5-9)6-21-15(12)19-14(18-13)11-7-20-8-17-11/h1-8H,(H2,16,18,19). The van der Waals surface area contributed by atoms with Gasteiger partial charge in [0.05, 0.1) is 10.9 Å². The fraction of sp³-hybridized carbons (Fsp3) is 0. The van der Waals surface area contributed by atoms with E-state index >= 15 is 0 Å². The van der Waals surface area contributed by atoms with Crippen molar-refractivity contribution in [1.29, 1.82) is 0 Å². The van der Waals surface area contributed by atoms with Crippen LogP contribution in [0.15, 0.2) is 46.6 Å². The van der Waals surface area contributed by atoms with Crippen molar-refractivity contribution in [3.63, 3.8) is 0 Å². The van der Waals surface area contributed by atoms with Crippen LogP contribution in [0.3, 0.4) is 0 Å². The van der Waals surface area contributed by atoms with E-state index in [0.29, 0.717) is 11.6 Å². The molecule has 0 fully saturated rings. The van der Waals surface area contributed by atoms with Crippen molar-refractivity contribution in [1.82, 2.24) is 15.0 Å². The molecule has 4 rings (SSSR count). The van der Waals surface area contributed by atoms with Crippen LogP contribution in [0.1, 0.15) is 0 Å². The van der Waals surface area contributed by atoms with Crippen LogP contribution < -0.4 is 5.73 Å². The van der Waals surface area contributed by atoms with E-state index in [4.69, 9.17) is 5.73 Å². The molecule has 0 aliphatic carbocycles. The second-order valence-corrected chi connectivity index (χ2v) is 6.08. The third-order valence-electron chi connectivity index (χ3n) is 3.21.